The molecule has 1 aliphatic rings. The molecule has 0 spiro atoms. The molecule has 33 heavy (non-hydrogen) atoms. The monoisotopic (exact) mass is 470 g/mol. The number of hydrogen-bond donors (Lipinski definition) is 3. The molecule has 1 aliphatic carbocycles. The minimum Gasteiger partial charge on any atom is -0.481 e. The van der Waals surface area contributed by atoms with Crippen LogP contribution in [0.15, 0.2) is 48.5 Å². The number of carboxylic acids is 1. The van der Waals surface area contributed by atoms with Crippen molar-refractivity contribution in [3.8, 4) is 11.1 Å². The molecule has 0 radical (unpaired) electrons. The van der Waals surface area contributed by atoms with Crippen LogP contribution >= 0.6 is 11.8 Å². The maximum Gasteiger partial charge on any atom is 0.407 e. The number of alkyl carbamates (subject to hydrolysis) is 1. The lowest BCUT2D eigenvalue weighted by molar-refractivity contribution is -0.146. The summed E-state index contributed by atoms with van der Waals surface area (Å²) >= 11 is 1.56. The van der Waals surface area contributed by atoms with Gasteiger partial charge in [-0.1, -0.05) is 48.5 Å². The highest BCUT2D eigenvalue weighted by Crippen LogP contribution is 2.44. The molecule has 0 saturated heterocycles. The van der Waals surface area contributed by atoms with E-state index in [1.807, 2.05) is 42.7 Å². The third-order valence-corrected chi connectivity index (χ3v) is 6.49. The Hall–Kier alpha value is -3.00. The van der Waals surface area contributed by atoms with E-state index in [-0.39, 0.29) is 19.1 Å². The molecule has 0 fully saturated rings. The Bertz CT molecular complexity index is 978. The molecule has 2 aromatic carbocycles. The number of carboxylic acid groups (broad SMARTS) is 1. The first-order valence-corrected chi connectivity index (χ1v) is 12.3. The molecule has 2 amide bonds. The van der Waals surface area contributed by atoms with Crippen molar-refractivity contribution in [2.75, 3.05) is 25.2 Å². The van der Waals surface area contributed by atoms with Crippen molar-refractivity contribution in [3.05, 3.63) is 59.7 Å². The number of carbonyl (C=O) groups is 3. The van der Waals surface area contributed by atoms with E-state index in [1.165, 1.54) is 13.8 Å². The maximum atomic E-state index is 12.7. The quantitative estimate of drug-likeness (QED) is 0.487. The fraction of sp³-hybridized carbons (Fsp3) is 0.400. The standard InChI is InChI=1S/C25H30N2O5S/c1-25(2,23(29)30)15-26-22(28)21(12-13-33-3)27-24(31)32-14-20-18-10-6-4-8-16(18)17-9-5-7-11-19(17)20/h4-11,20-21H,12-15H2,1-3H3,(H,26,28)(H,27,31)(H,29,30). The summed E-state index contributed by atoms with van der Waals surface area (Å²) < 4.78 is 5.55. The second-order valence-electron chi connectivity index (χ2n) is 8.71. The van der Waals surface area contributed by atoms with Crippen molar-refractivity contribution in [3.63, 3.8) is 0 Å². The van der Waals surface area contributed by atoms with Gasteiger partial charge in [0.2, 0.25) is 5.91 Å². The van der Waals surface area contributed by atoms with Crippen LogP contribution in [0.3, 0.4) is 0 Å². The minimum atomic E-state index is -1.11. The predicted octanol–water partition coefficient (Wildman–Crippen LogP) is 3.87. The molecule has 1 unspecified atom stereocenters. The molecule has 0 bridgehead atoms. The minimum absolute atomic E-state index is 0.0384. The Morgan fingerprint density at radius 1 is 1.06 bits per heavy atom. The number of aliphatic carboxylic acids is 1. The summed E-state index contributed by atoms with van der Waals surface area (Å²) in [6.07, 6.45) is 1.65. The van der Waals surface area contributed by atoms with Crippen LogP contribution in [0.1, 0.15) is 37.3 Å². The first-order valence-electron chi connectivity index (χ1n) is 10.9. The predicted molar refractivity (Wildman–Crippen MR) is 129 cm³/mol. The normalized spacial score (nSPS) is 13.5. The largest absolute Gasteiger partial charge is 0.481 e. The fourth-order valence-electron chi connectivity index (χ4n) is 3.79. The molecular weight excluding hydrogens is 440 g/mol. The number of amides is 2. The first-order chi connectivity index (χ1) is 15.7. The molecular formula is C25H30N2O5S. The van der Waals surface area contributed by atoms with Gasteiger partial charge in [0.05, 0.1) is 5.41 Å². The van der Waals surface area contributed by atoms with E-state index in [4.69, 9.17) is 4.74 Å². The van der Waals surface area contributed by atoms with Crippen molar-refractivity contribution >= 4 is 29.7 Å². The van der Waals surface area contributed by atoms with E-state index in [0.717, 1.165) is 22.3 Å². The molecule has 7 nitrogen and oxygen atoms in total. The van der Waals surface area contributed by atoms with Gasteiger partial charge >= 0.3 is 12.1 Å². The number of hydrogen-bond acceptors (Lipinski definition) is 5. The number of rotatable bonds is 10. The highest BCUT2D eigenvalue weighted by Gasteiger charge is 2.31. The average Bonchev–Trinajstić information content (AvgIpc) is 3.12. The van der Waals surface area contributed by atoms with E-state index < -0.39 is 29.4 Å². The van der Waals surface area contributed by atoms with Crippen LogP contribution in [0.4, 0.5) is 4.79 Å². The second-order valence-corrected chi connectivity index (χ2v) is 9.70. The van der Waals surface area contributed by atoms with Crippen LogP contribution in [0.25, 0.3) is 11.1 Å². The van der Waals surface area contributed by atoms with Crippen molar-refractivity contribution in [1.82, 2.24) is 10.6 Å². The fourth-order valence-corrected chi connectivity index (χ4v) is 4.27. The van der Waals surface area contributed by atoms with Gasteiger partial charge in [0.25, 0.3) is 0 Å². The van der Waals surface area contributed by atoms with Gasteiger partial charge in [-0.3, -0.25) is 9.59 Å². The Labute approximate surface area is 198 Å². The molecule has 2 aromatic rings. The zero-order valence-electron chi connectivity index (χ0n) is 19.1. The zero-order valence-corrected chi connectivity index (χ0v) is 19.9. The molecule has 3 rings (SSSR count). The van der Waals surface area contributed by atoms with Crippen LogP contribution in [0.2, 0.25) is 0 Å². The molecule has 176 valence electrons. The SMILES string of the molecule is CSCCC(NC(=O)OCC1c2ccccc2-c2ccccc21)C(=O)NCC(C)(C)C(=O)O. The van der Waals surface area contributed by atoms with E-state index in [1.54, 1.807) is 11.8 Å². The summed E-state index contributed by atoms with van der Waals surface area (Å²) in [4.78, 5) is 36.6. The highest BCUT2D eigenvalue weighted by molar-refractivity contribution is 7.98. The van der Waals surface area contributed by atoms with Crippen molar-refractivity contribution in [2.45, 2.75) is 32.2 Å². The van der Waals surface area contributed by atoms with Crippen molar-refractivity contribution < 1.29 is 24.2 Å². The molecule has 0 aliphatic heterocycles. The first kappa shape index (κ1) is 24.6. The number of carbonyl (C=O) groups excluding carboxylic acids is 2. The van der Waals surface area contributed by atoms with E-state index in [0.29, 0.717) is 12.2 Å². The summed E-state index contributed by atoms with van der Waals surface area (Å²) in [5.74, 6) is -0.845. The van der Waals surface area contributed by atoms with Gasteiger partial charge in [-0.05, 0) is 54.5 Å². The van der Waals surface area contributed by atoms with E-state index >= 15 is 0 Å². The zero-order chi connectivity index (χ0) is 24.0. The van der Waals surface area contributed by atoms with Crippen molar-refractivity contribution in [2.24, 2.45) is 5.41 Å². The smallest absolute Gasteiger partial charge is 0.407 e. The van der Waals surface area contributed by atoms with Crippen molar-refractivity contribution in [1.29, 1.82) is 0 Å². The molecule has 3 N–H and O–H groups in total. The molecule has 0 saturated carbocycles. The second kappa shape index (κ2) is 10.7. The number of benzene rings is 2. The van der Waals surface area contributed by atoms with Crippen LogP contribution in [0.5, 0.6) is 0 Å². The van der Waals surface area contributed by atoms with Gasteiger partial charge in [0, 0.05) is 12.5 Å². The van der Waals surface area contributed by atoms with Crippen LogP contribution in [-0.2, 0) is 14.3 Å². The summed E-state index contributed by atoms with van der Waals surface area (Å²) in [6, 6.07) is 15.3. The molecule has 0 aromatic heterocycles. The molecule has 1 atom stereocenters. The lowest BCUT2D eigenvalue weighted by Crippen LogP contribution is -2.50. The van der Waals surface area contributed by atoms with E-state index in [2.05, 4.69) is 22.8 Å². The van der Waals surface area contributed by atoms with Gasteiger partial charge in [0.15, 0.2) is 0 Å². The van der Waals surface area contributed by atoms with Gasteiger partial charge in [-0.25, -0.2) is 4.79 Å². The van der Waals surface area contributed by atoms with Gasteiger partial charge in [-0.15, -0.1) is 0 Å². The third kappa shape index (κ3) is 5.87. The van der Waals surface area contributed by atoms with E-state index in [9.17, 15) is 19.5 Å². The van der Waals surface area contributed by atoms with Gasteiger partial charge in [0.1, 0.15) is 12.6 Å². The highest BCUT2D eigenvalue weighted by atomic mass is 32.2. The number of nitrogens with one attached hydrogen (secondary N) is 2. The lowest BCUT2D eigenvalue weighted by atomic mass is 9.94. The summed E-state index contributed by atoms with van der Waals surface area (Å²) in [5, 5.41) is 14.5. The Morgan fingerprint density at radius 2 is 1.64 bits per heavy atom. The summed E-state index contributed by atoms with van der Waals surface area (Å²) in [7, 11) is 0. The van der Waals surface area contributed by atoms with Crippen LogP contribution < -0.4 is 10.6 Å². The van der Waals surface area contributed by atoms with Gasteiger partial charge < -0.3 is 20.5 Å². The topological polar surface area (TPSA) is 105 Å². The lowest BCUT2D eigenvalue weighted by Gasteiger charge is -2.23. The van der Waals surface area contributed by atoms with Crippen LogP contribution in [-0.4, -0.2) is 54.3 Å². The average molecular weight is 471 g/mol. The molecule has 8 heteroatoms. The number of ether oxygens (including phenoxy) is 1. The Balaban J connectivity index is 1.63. The number of fused-ring (bicyclic) bond motifs is 3. The maximum absolute atomic E-state index is 12.7. The third-order valence-electron chi connectivity index (χ3n) is 5.85. The Morgan fingerprint density at radius 3 is 2.18 bits per heavy atom. The summed E-state index contributed by atoms with van der Waals surface area (Å²) in [5.41, 5.74) is 3.39. The summed E-state index contributed by atoms with van der Waals surface area (Å²) in [6.45, 7) is 3.18. The van der Waals surface area contributed by atoms with Gasteiger partial charge in [-0.2, -0.15) is 11.8 Å². The van der Waals surface area contributed by atoms with Crippen LogP contribution in [0, 0.1) is 5.41 Å². The number of thioether (sulfide) groups is 1. The Kier molecular flexibility index (Phi) is 8.02. The molecule has 0 heterocycles.